The summed E-state index contributed by atoms with van der Waals surface area (Å²) in [6.07, 6.45) is 0. The Labute approximate surface area is 113 Å². The molecule has 8 heteroatoms. The molecule has 2 aromatic rings. The molecule has 7 nitrogen and oxygen atoms in total. The number of hydrogen-bond donors (Lipinski definition) is 1. The quantitative estimate of drug-likeness (QED) is 0.664. The highest BCUT2D eigenvalue weighted by Crippen LogP contribution is 2.27. The Morgan fingerprint density at radius 2 is 2.15 bits per heavy atom. The maximum absolute atomic E-state index is 14.0. The average Bonchev–Trinajstić information content (AvgIpc) is 2.77. The number of aromatic nitrogens is 2. The van der Waals surface area contributed by atoms with E-state index in [0.29, 0.717) is 31.1 Å². The molecule has 2 heterocycles. The molecule has 104 valence electrons. The topological polar surface area (TPSA) is 90.2 Å². The fourth-order valence-electron chi connectivity index (χ4n) is 2.36. The van der Waals surface area contributed by atoms with Gasteiger partial charge in [0.25, 0.3) is 5.69 Å². The van der Waals surface area contributed by atoms with Crippen LogP contribution in [0.4, 0.5) is 21.6 Å². The van der Waals surface area contributed by atoms with E-state index in [9.17, 15) is 14.5 Å². The number of fused-ring (bicyclic) bond motifs is 1. The van der Waals surface area contributed by atoms with Crippen molar-refractivity contribution in [3.8, 4) is 0 Å². The van der Waals surface area contributed by atoms with Crippen LogP contribution in [0.2, 0.25) is 0 Å². The molecule has 1 aromatic carbocycles. The van der Waals surface area contributed by atoms with E-state index in [0.717, 1.165) is 11.8 Å². The zero-order valence-corrected chi connectivity index (χ0v) is 10.5. The summed E-state index contributed by atoms with van der Waals surface area (Å²) in [7, 11) is 0. The average molecular weight is 277 g/mol. The van der Waals surface area contributed by atoms with E-state index < -0.39 is 10.7 Å². The smallest absolute Gasteiger partial charge is 0.272 e. The van der Waals surface area contributed by atoms with Crippen molar-refractivity contribution in [2.24, 2.45) is 0 Å². The van der Waals surface area contributed by atoms with Gasteiger partial charge in [-0.2, -0.15) is 5.10 Å². The molecule has 20 heavy (non-hydrogen) atoms. The third kappa shape index (κ3) is 2.04. The molecule has 0 saturated heterocycles. The Hall–Kier alpha value is -2.64. The normalized spacial score (nSPS) is 14.2. The van der Waals surface area contributed by atoms with Crippen molar-refractivity contribution in [1.29, 1.82) is 0 Å². The molecular weight excluding hydrogens is 265 g/mol. The first-order chi connectivity index (χ1) is 9.54. The van der Waals surface area contributed by atoms with Gasteiger partial charge in [-0.05, 0) is 6.07 Å². The minimum absolute atomic E-state index is 0.252. The lowest BCUT2D eigenvalue weighted by molar-refractivity contribution is -0.385. The van der Waals surface area contributed by atoms with Crippen molar-refractivity contribution in [2.75, 3.05) is 17.2 Å². The maximum Gasteiger partial charge on any atom is 0.272 e. The minimum atomic E-state index is -0.612. The number of nitrogen functional groups attached to an aromatic ring is 1. The third-order valence-corrected chi connectivity index (χ3v) is 3.30. The van der Waals surface area contributed by atoms with E-state index in [1.54, 1.807) is 10.7 Å². The van der Waals surface area contributed by atoms with Crippen molar-refractivity contribution < 1.29 is 9.31 Å². The molecule has 0 saturated carbocycles. The van der Waals surface area contributed by atoms with E-state index in [1.807, 2.05) is 4.90 Å². The second-order valence-corrected chi connectivity index (χ2v) is 4.60. The number of anilines is 2. The van der Waals surface area contributed by atoms with Crippen molar-refractivity contribution in [1.82, 2.24) is 9.78 Å². The number of nitrogens with zero attached hydrogens (tertiary/aromatic N) is 4. The molecular formula is C12H12FN5O2. The maximum atomic E-state index is 14.0. The molecule has 0 fully saturated rings. The van der Waals surface area contributed by atoms with Gasteiger partial charge in [0.1, 0.15) is 5.82 Å². The number of non-ortho nitro benzene ring substituents is 1. The third-order valence-electron chi connectivity index (χ3n) is 3.30. The Morgan fingerprint density at radius 1 is 1.35 bits per heavy atom. The van der Waals surface area contributed by atoms with Crippen molar-refractivity contribution >= 4 is 17.2 Å². The van der Waals surface area contributed by atoms with Crippen LogP contribution in [0.15, 0.2) is 24.3 Å². The molecule has 0 spiro atoms. The van der Waals surface area contributed by atoms with Crippen LogP contribution in [-0.4, -0.2) is 21.2 Å². The van der Waals surface area contributed by atoms with Crippen LogP contribution in [0.5, 0.6) is 0 Å². The Balaban J connectivity index is 1.89. The van der Waals surface area contributed by atoms with Gasteiger partial charge in [0.15, 0.2) is 5.82 Å². The van der Waals surface area contributed by atoms with E-state index in [-0.39, 0.29) is 5.69 Å². The van der Waals surface area contributed by atoms with Crippen molar-refractivity contribution in [2.45, 2.75) is 13.1 Å². The number of benzene rings is 1. The van der Waals surface area contributed by atoms with Gasteiger partial charge in [-0.15, -0.1) is 0 Å². The summed E-state index contributed by atoms with van der Waals surface area (Å²) in [4.78, 5) is 11.8. The van der Waals surface area contributed by atoms with Gasteiger partial charge in [-0.1, -0.05) is 0 Å². The van der Waals surface area contributed by atoms with Crippen LogP contribution in [-0.2, 0) is 13.1 Å². The molecule has 0 bridgehead atoms. The molecule has 0 radical (unpaired) electrons. The highest BCUT2D eigenvalue weighted by atomic mass is 19.1. The number of nitro groups is 1. The summed E-state index contributed by atoms with van der Waals surface area (Å²) in [5.74, 6) is -0.161. The van der Waals surface area contributed by atoms with Gasteiger partial charge in [0.05, 0.1) is 35.5 Å². The zero-order valence-electron chi connectivity index (χ0n) is 10.5. The number of hydrogen-bond acceptors (Lipinski definition) is 5. The van der Waals surface area contributed by atoms with Crippen LogP contribution < -0.4 is 10.6 Å². The molecule has 0 atom stereocenters. The summed E-state index contributed by atoms with van der Waals surface area (Å²) in [5.41, 5.74) is 6.62. The molecule has 0 unspecified atom stereocenters. The second-order valence-electron chi connectivity index (χ2n) is 4.60. The second kappa shape index (κ2) is 4.48. The molecule has 0 aliphatic carbocycles. The van der Waals surface area contributed by atoms with Gasteiger partial charge in [0.2, 0.25) is 0 Å². The first-order valence-corrected chi connectivity index (χ1v) is 6.05. The summed E-state index contributed by atoms with van der Waals surface area (Å²) in [6, 6.07) is 5.42. The van der Waals surface area contributed by atoms with Gasteiger partial charge in [-0.3, -0.25) is 14.8 Å². The molecule has 1 aliphatic heterocycles. The fourth-order valence-corrected chi connectivity index (χ4v) is 2.36. The monoisotopic (exact) mass is 277 g/mol. The standard InChI is InChI=1S/C12H12FN5O2/c13-10-5-8(18(19)20)1-2-11(10)16-3-4-17-9(7-16)6-12(14)15-17/h1-2,5-6H,3-4,7H2,(H2,14,15). The van der Waals surface area contributed by atoms with Crippen LogP contribution in [0.25, 0.3) is 0 Å². The summed E-state index contributed by atoms with van der Waals surface area (Å²) in [6.45, 7) is 1.64. The molecule has 3 rings (SSSR count). The number of halogens is 1. The minimum Gasteiger partial charge on any atom is -0.382 e. The van der Waals surface area contributed by atoms with Crippen LogP contribution in [0, 0.1) is 15.9 Å². The van der Waals surface area contributed by atoms with Crippen molar-refractivity contribution in [3.63, 3.8) is 0 Å². The summed E-state index contributed by atoms with van der Waals surface area (Å²) >= 11 is 0. The highest BCUT2D eigenvalue weighted by Gasteiger charge is 2.21. The van der Waals surface area contributed by atoms with E-state index in [2.05, 4.69) is 5.10 Å². The SMILES string of the molecule is Nc1cc2n(n1)CCN(c1ccc([N+](=O)[O-])cc1F)C2. The highest BCUT2D eigenvalue weighted by molar-refractivity contribution is 5.53. The first kappa shape index (κ1) is 12.4. The molecule has 0 amide bonds. The summed E-state index contributed by atoms with van der Waals surface area (Å²) in [5, 5.41) is 14.7. The van der Waals surface area contributed by atoms with Crippen LogP contribution in [0.3, 0.4) is 0 Å². The van der Waals surface area contributed by atoms with Gasteiger partial charge >= 0.3 is 0 Å². The zero-order chi connectivity index (χ0) is 14.3. The predicted molar refractivity (Wildman–Crippen MR) is 70.7 cm³/mol. The van der Waals surface area contributed by atoms with Gasteiger partial charge < -0.3 is 10.6 Å². The number of rotatable bonds is 2. The lowest BCUT2D eigenvalue weighted by atomic mass is 10.2. The Kier molecular flexibility index (Phi) is 2.78. The summed E-state index contributed by atoms with van der Waals surface area (Å²) < 4.78 is 15.8. The Morgan fingerprint density at radius 3 is 2.85 bits per heavy atom. The van der Waals surface area contributed by atoms with E-state index in [4.69, 9.17) is 5.73 Å². The van der Waals surface area contributed by atoms with Crippen molar-refractivity contribution in [3.05, 3.63) is 45.9 Å². The predicted octanol–water partition coefficient (Wildman–Crippen LogP) is 1.53. The lowest BCUT2D eigenvalue weighted by Gasteiger charge is -2.29. The number of nitrogens with two attached hydrogens (primary N) is 1. The van der Waals surface area contributed by atoms with E-state index >= 15 is 0 Å². The van der Waals surface area contributed by atoms with Crippen LogP contribution >= 0.6 is 0 Å². The molecule has 1 aliphatic rings. The first-order valence-electron chi connectivity index (χ1n) is 6.05. The van der Waals surface area contributed by atoms with Gasteiger partial charge in [0, 0.05) is 18.7 Å². The fraction of sp³-hybridized carbons (Fsp3) is 0.250. The van der Waals surface area contributed by atoms with Crippen LogP contribution in [0.1, 0.15) is 5.69 Å². The lowest BCUT2D eigenvalue weighted by Crippen LogP contribution is -2.34. The Bertz CT molecular complexity index is 684. The van der Waals surface area contributed by atoms with Gasteiger partial charge in [-0.25, -0.2) is 4.39 Å². The largest absolute Gasteiger partial charge is 0.382 e. The molecule has 2 N–H and O–H groups in total. The van der Waals surface area contributed by atoms with E-state index in [1.165, 1.54) is 12.1 Å². The molecule has 1 aromatic heterocycles. The number of nitro benzene ring substituents is 1.